The van der Waals surface area contributed by atoms with E-state index < -0.39 is 5.82 Å². The molecule has 1 aromatic carbocycles. The van der Waals surface area contributed by atoms with Crippen LogP contribution in [0, 0.1) is 11.2 Å². The van der Waals surface area contributed by atoms with E-state index in [9.17, 15) is 9.18 Å². The first-order chi connectivity index (χ1) is 9.58. The molecule has 0 radical (unpaired) electrons. The fourth-order valence-corrected chi connectivity index (χ4v) is 1.83. The first kappa shape index (κ1) is 17.2. The monoisotopic (exact) mass is 317 g/mol. The minimum absolute atomic E-state index is 0. The second-order valence-electron chi connectivity index (χ2n) is 4.34. The van der Waals surface area contributed by atoms with E-state index in [-0.39, 0.29) is 42.1 Å². The lowest BCUT2D eigenvalue weighted by Crippen LogP contribution is -2.43. The molecule has 0 bridgehead atoms. The van der Waals surface area contributed by atoms with Crippen LogP contribution in [0.1, 0.15) is 5.56 Å². The van der Waals surface area contributed by atoms with Crippen LogP contribution in [0.2, 0.25) is 0 Å². The number of ether oxygens (including phenoxy) is 2. The average Bonchev–Trinajstić information content (AvgIpc) is 2.46. The molecule has 1 aliphatic heterocycles. The van der Waals surface area contributed by atoms with Crippen molar-refractivity contribution in [2.75, 3.05) is 32.9 Å². The Hall–Kier alpha value is -1.86. The molecule has 1 fully saturated rings. The van der Waals surface area contributed by atoms with Crippen LogP contribution in [0.15, 0.2) is 18.2 Å². The Morgan fingerprint density at radius 2 is 2.10 bits per heavy atom. The van der Waals surface area contributed by atoms with Gasteiger partial charge in [0.15, 0.2) is 18.2 Å². The van der Waals surface area contributed by atoms with Crippen LogP contribution in [0.3, 0.4) is 0 Å². The molecule has 0 aromatic heterocycles. The quantitative estimate of drug-likeness (QED) is 0.634. The Bertz CT molecular complexity index is 521. The largest absolute Gasteiger partial charge is 0.481 e. The fourth-order valence-electron chi connectivity index (χ4n) is 1.83. The number of amides is 1. The van der Waals surface area contributed by atoms with Gasteiger partial charge in [-0.2, -0.15) is 0 Å². The zero-order valence-electron chi connectivity index (χ0n) is 11.3. The Morgan fingerprint density at radius 1 is 1.43 bits per heavy atom. The van der Waals surface area contributed by atoms with Crippen LogP contribution in [0.25, 0.3) is 0 Å². The van der Waals surface area contributed by atoms with Crippen molar-refractivity contribution >= 4 is 24.1 Å². The second-order valence-corrected chi connectivity index (χ2v) is 4.34. The average molecular weight is 318 g/mol. The van der Waals surface area contributed by atoms with Gasteiger partial charge in [0.05, 0.1) is 13.2 Å². The minimum atomic E-state index is -0.646. The molecule has 8 heteroatoms. The summed E-state index contributed by atoms with van der Waals surface area (Å²) in [4.78, 5) is 13.4. The van der Waals surface area contributed by atoms with E-state index in [0.29, 0.717) is 26.3 Å². The third-order valence-corrected chi connectivity index (χ3v) is 2.96. The first-order valence-electron chi connectivity index (χ1n) is 6.20. The molecule has 21 heavy (non-hydrogen) atoms. The molecule has 0 spiro atoms. The zero-order chi connectivity index (χ0) is 14.5. The molecule has 1 saturated heterocycles. The highest BCUT2D eigenvalue weighted by Crippen LogP contribution is 2.18. The number of halogens is 2. The number of nitrogens with zero attached hydrogens (tertiary/aromatic N) is 1. The molecular weight excluding hydrogens is 301 g/mol. The van der Waals surface area contributed by atoms with Crippen molar-refractivity contribution in [3.8, 4) is 5.75 Å². The molecule has 1 aliphatic rings. The van der Waals surface area contributed by atoms with Crippen LogP contribution < -0.4 is 10.5 Å². The Labute approximate surface area is 127 Å². The summed E-state index contributed by atoms with van der Waals surface area (Å²) in [6.45, 7) is 1.83. The molecule has 1 heterocycles. The second kappa shape index (κ2) is 7.80. The third kappa shape index (κ3) is 4.57. The van der Waals surface area contributed by atoms with E-state index in [0.717, 1.165) is 6.07 Å². The Kier molecular flexibility index (Phi) is 6.39. The number of hydrogen-bond acceptors (Lipinski definition) is 4. The molecule has 2 rings (SSSR count). The minimum Gasteiger partial charge on any atom is -0.481 e. The summed E-state index contributed by atoms with van der Waals surface area (Å²) in [5, 5.41) is 7.20. The van der Waals surface area contributed by atoms with Crippen LogP contribution in [-0.2, 0) is 9.53 Å². The number of rotatable bonds is 4. The lowest BCUT2D eigenvalue weighted by atomic mass is 10.2. The normalized spacial score (nSPS) is 14.2. The standard InChI is InChI=1S/C13H16FN3O3.ClH/c14-10-7-9(13(15)16)1-2-11(10)20-8-12(18)17-3-5-19-6-4-17;/h1-2,7H,3-6,8H2,(H3,15,16);1H. The number of nitrogen functional groups attached to an aromatic ring is 1. The van der Waals surface area contributed by atoms with Gasteiger partial charge in [-0.1, -0.05) is 0 Å². The number of amidine groups is 1. The van der Waals surface area contributed by atoms with E-state index >= 15 is 0 Å². The number of carbonyl (C=O) groups is 1. The zero-order valence-corrected chi connectivity index (χ0v) is 12.1. The molecule has 3 N–H and O–H groups in total. The van der Waals surface area contributed by atoms with E-state index in [1.807, 2.05) is 0 Å². The number of morpholine rings is 1. The van der Waals surface area contributed by atoms with Gasteiger partial charge in [-0.05, 0) is 18.2 Å². The highest BCUT2D eigenvalue weighted by Gasteiger charge is 2.17. The molecule has 0 aliphatic carbocycles. The number of benzene rings is 1. The molecule has 116 valence electrons. The van der Waals surface area contributed by atoms with E-state index in [4.69, 9.17) is 20.6 Å². The molecule has 0 atom stereocenters. The fraction of sp³-hybridized carbons (Fsp3) is 0.385. The summed E-state index contributed by atoms with van der Waals surface area (Å²) >= 11 is 0. The van der Waals surface area contributed by atoms with Gasteiger partial charge in [0.25, 0.3) is 5.91 Å². The van der Waals surface area contributed by atoms with Crippen molar-refractivity contribution in [1.29, 1.82) is 5.41 Å². The van der Waals surface area contributed by atoms with Crippen LogP contribution >= 0.6 is 12.4 Å². The number of carbonyl (C=O) groups excluding carboxylic acids is 1. The van der Waals surface area contributed by atoms with Crippen molar-refractivity contribution in [3.63, 3.8) is 0 Å². The number of nitrogens with two attached hydrogens (primary N) is 1. The lowest BCUT2D eigenvalue weighted by Gasteiger charge is -2.26. The Balaban J connectivity index is 0.00000220. The van der Waals surface area contributed by atoms with Gasteiger partial charge in [-0.25, -0.2) is 4.39 Å². The van der Waals surface area contributed by atoms with E-state index in [1.165, 1.54) is 12.1 Å². The van der Waals surface area contributed by atoms with Crippen LogP contribution in [0.4, 0.5) is 4.39 Å². The van der Waals surface area contributed by atoms with Gasteiger partial charge in [-0.3, -0.25) is 10.2 Å². The summed E-state index contributed by atoms with van der Waals surface area (Å²) in [6, 6.07) is 3.94. The van der Waals surface area contributed by atoms with Gasteiger partial charge in [0.2, 0.25) is 0 Å². The molecule has 0 saturated carbocycles. The first-order valence-corrected chi connectivity index (χ1v) is 6.20. The predicted octanol–water partition coefficient (Wildman–Crippen LogP) is 0.769. The van der Waals surface area contributed by atoms with Crippen LogP contribution in [-0.4, -0.2) is 49.6 Å². The van der Waals surface area contributed by atoms with E-state index in [2.05, 4.69) is 0 Å². The number of nitrogens with one attached hydrogen (secondary N) is 1. The van der Waals surface area contributed by atoms with Crippen LogP contribution in [0.5, 0.6) is 5.75 Å². The highest BCUT2D eigenvalue weighted by atomic mass is 35.5. The summed E-state index contributed by atoms with van der Waals surface area (Å²) < 4.78 is 24.0. The van der Waals surface area contributed by atoms with Crippen molar-refractivity contribution < 1.29 is 18.7 Å². The van der Waals surface area contributed by atoms with Gasteiger partial charge in [0, 0.05) is 18.7 Å². The van der Waals surface area contributed by atoms with Gasteiger partial charge in [-0.15, -0.1) is 12.4 Å². The Morgan fingerprint density at radius 3 is 2.67 bits per heavy atom. The number of hydrogen-bond donors (Lipinski definition) is 2. The molecular formula is C13H17ClFN3O3. The topological polar surface area (TPSA) is 88.6 Å². The van der Waals surface area contributed by atoms with Crippen molar-refractivity contribution in [3.05, 3.63) is 29.6 Å². The predicted molar refractivity (Wildman–Crippen MR) is 77.6 cm³/mol. The van der Waals surface area contributed by atoms with E-state index in [1.54, 1.807) is 4.90 Å². The molecule has 0 unspecified atom stereocenters. The van der Waals surface area contributed by atoms with Crippen molar-refractivity contribution in [1.82, 2.24) is 4.90 Å². The maximum atomic E-state index is 13.7. The summed E-state index contributed by atoms with van der Waals surface area (Å²) in [5.74, 6) is -1.10. The van der Waals surface area contributed by atoms with Crippen molar-refractivity contribution in [2.45, 2.75) is 0 Å². The van der Waals surface area contributed by atoms with Gasteiger partial charge in [0.1, 0.15) is 5.84 Å². The smallest absolute Gasteiger partial charge is 0.260 e. The van der Waals surface area contributed by atoms with Gasteiger partial charge >= 0.3 is 0 Å². The van der Waals surface area contributed by atoms with Gasteiger partial charge < -0.3 is 20.1 Å². The summed E-state index contributed by atoms with van der Waals surface area (Å²) in [7, 11) is 0. The molecule has 1 amide bonds. The summed E-state index contributed by atoms with van der Waals surface area (Å²) in [5.41, 5.74) is 5.53. The lowest BCUT2D eigenvalue weighted by molar-refractivity contribution is -0.137. The molecule has 1 aromatic rings. The summed E-state index contributed by atoms with van der Waals surface area (Å²) in [6.07, 6.45) is 0. The highest BCUT2D eigenvalue weighted by molar-refractivity contribution is 5.95. The maximum absolute atomic E-state index is 13.7. The maximum Gasteiger partial charge on any atom is 0.260 e. The molecule has 6 nitrogen and oxygen atoms in total. The third-order valence-electron chi connectivity index (χ3n) is 2.96. The van der Waals surface area contributed by atoms with Crippen molar-refractivity contribution in [2.24, 2.45) is 5.73 Å². The SMILES string of the molecule is Cl.N=C(N)c1ccc(OCC(=O)N2CCOCC2)c(F)c1.